The Bertz CT molecular complexity index is 1700. The molecule has 4 rings (SSSR count). The number of methoxy groups -OCH3 is 1. The fourth-order valence-electron chi connectivity index (χ4n) is 3.68. The molecule has 2 amide bonds. The molecule has 0 aliphatic rings. The molecular weight excluding hydrogens is 589 g/mol. The Morgan fingerprint density at radius 2 is 1.68 bits per heavy atom. The summed E-state index contributed by atoms with van der Waals surface area (Å²) in [6, 6.07) is 12.3. The summed E-state index contributed by atoms with van der Waals surface area (Å²) >= 11 is 6.15. The summed E-state index contributed by atoms with van der Waals surface area (Å²) in [6.45, 7) is 1.87. The van der Waals surface area contributed by atoms with Crippen LogP contribution in [-0.2, 0) is 27.6 Å². The Morgan fingerprint density at radius 1 is 1.05 bits per heavy atom. The molecular formula is C26H24ClF3N4O6S. The lowest BCUT2D eigenvalue weighted by molar-refractivity contribution is -0.137. The molecule has 0 bridgehead atoms. The maximum absolute atomic E-state index is 13.4. The van der Waals surface area contributed by atoms with Gasteiger partial charge in [-0.3, -0.25) is 14.1 Å². The minimum Gasteiger partial charge on any atom is -0.377 e. The number of benzene rings is 3. The third-order valence-electron chi connectivity index (χ3n) is 5.41. The second kappa shape index (κ2) is 12.7. The number of hydrogen-bond acceptors (Lipinski definition) is 6. The number of aromatic amines is 1. The lowest BCUT2D eigenvalue weighted by Crippen LogP contribution is -2.19. The number of anilines is 2. The molecule has 0 spiro atoms. The Balaban J connectivity index is 0.000000850. The van der Waals surface area contributed by atoms with Crippen molar-refractivity contribution in [3.63, 3.8) is 0 Å². The summed E-state index contributed by atoms with van der Waals surface area (Å²) in [7, 11) is -2.19. The van der Waals surface area contributed by atoms with Crippen LogP contribution in [0.1, 0.15) is 37.7 Å². The Labute approximate surface area is 237 Å². The molecule has 4 N–H and O–H groups in total. The minimum atomic E-state index is -4.71. The summed E-state index contributed by atoms with van der Waals surface area (Å²) in [5.74, 6) is -1.10. The van der Waals surface area contributed by atoms with Crippen LogP contribution < -0.4 is 10.6 Å². The number of nitrogens with one attached hydrogen (secondary N) is 3. The van der Waals surface area contributed by atoms with Crippen molar-refractivity contribution in [2.75, 3.05) is 24.0 Å². The zero-order valence-electron chi connectivity index (χ0n) is 21.8. The van der Waals surface area contributed by atoms with Crippen molar-refractivity contribution in [1.29, 1.82) is 0 Å². The van der Waals surface area contributed by atoms with Gasteiger partial charge in [0.15, 0.2) is 0 Å². The van der Waals surface area contributed by atoms with Gasteiger partial charge in [0.25, 0.3) is 21.9 Å². The SMILES string of the molecule is COCc1nc2c(C(=O)Nc3cccc(Cl)c3C)cc(NC(=O)c3ccccc3C(F)(F)F)cc2[nH]1.CS(=O)(=O)O. The van der Waals surface area contributed by atoms with E-state index in [2.05, 4.69) is 20.6 Å². The van der Waals surface area contributed by atoms with Gasteiger partial charge in [0.2, 0.25) is 0 Å². The predicted molar refractivity (Wildman–Crippen MR) is 148 cm³/mol. The van der Waals surface area contributed by atoms with Crippen LogP contribution in [0.4, 0.5) is 24.5 Å². The number of H-pyrrole nitrogens is 1. The molecule has 3 aromatic carbocycles. The molecule has 10 nitrogen and oxygen atoms in total. The van der Waals surface area contributed by atoms with Crippen LogP contribution in [0.2, 0.25) is 5.02 Å². The molecule has 218 valence electrons. The van der Waals surface area contributed by atoms with Gasteiger partial charge in [0.1, 0.15) is 17.9 Å². The summed E-state index contributed by atoms with van der Waals surface area (Å²) in [4.78, 5) is 33.5. The second-order valence-electron chi connectivity index (χ2n) is 8.63. The maximum atomic E-state index is 13.4. The van der Waals surface area contributed by atoms with Crippen LogP contribution in [0.3, 0.4) is 0 Å². The van der Waals surface area contributed by atoms with Crippen LogP contribution in [0, 0.1) is 6.92 Å². The van der Waals surface area contributed by atoms with Crippen molar-refractivity contribution in [2.45, 2.75) is 19.7 Å². The number of amides is 2. The molecule has 0 fully saturated rings. The Morgan fingerprint density at radius 3 is 2.32 bits per heavy atom. The first kappa shape index (κ1) is 31.5. The van der Waals surface area contributed by atoms with Crippen LogP contribution in [0.25, 0.3) is 11.0 Å². The van der Waals surface area contributed by atoms with E-state index in [1.807, 2.05) is 0 Å². The quantitative estimate of drug-likeness (QED) is 0.204. The van der Waals surface area contributed by atoms with E-state index in [-0.39, 0.29) is 17.9 Å². The first-order valence-electron chi connectivity index (χ1n) is 11.6. The van der Waals surface area contributed by atoms with E-state index in [1.54, 1.807) is 25.1 Å². The Kier molecular flexibility index (Phi) is 9.76. The van der Waals surface area contributed by atoms with Crippen LogP contribution in [0.15, 0.2) is 54.6 Å². The van der Waals surface area contributed by atoms with Crippen LogP contribution in [-0.4, -0.2) is 48.1 Å². The predicted octanol–water partition coefficient (Wildman–Crippen LogP) is 5.70. The number of imidazole rings is 1. The van der Waals surface area contributed by atoms with E-state index in [0.29, 0.717) is 39.4 Å². The molecule has 0 saturated carbocycles. The van der Waals surface area contributed by atoms with Crippen molar-refractivity contribution in [2.24, 2.45) is 0 Å². The summed E-state index contributed by atoms with van der Waals surface area (Å²) < 4.78 is 71.2. The van der Waals surface area contributed by atoms with Gasteiger partial charge >= 0.3 is 6.18 Å². The van der Waals surface area contributed by atoms with E-state index in [1.165, 1.54) is 31.4 Å². The highest BCUT2D eigenvalue weighted by molar-refractivity contribution is 7.85. The fourth-order valence-corrected chi connectivity index (χ4v) is 3.85. The molecule has 1 heterocycles. The van der Waals surface area contributed by atoms with Crippen LogP contribution in [0.5, 0.6) is 0 Å². The molecule has 15 heteroatoms. The molecule has 0 saturated heterocycles. The molecule has 0 atom stereocenters. The number of nitrogens with zero attached hydrogens (tertiary/aromatic N) is 1. The van der Waals surface area contributed by atoms with Crippen LogP contribution >= 0.6 is 11.6 Å². The van der Waals surface area contributed by atoms with E-state index in [0.717, 1.165) is 12.1 Å². The van der Waals surface area contributed by atoms with Gasteiger partial charge in [-0.05, 0) is 48.9 Å². The van der Waals surface area contributed by atoms with Crippen molar-refractivity contribution in [3.05, 3.63) is 87.7 Å². The van der Waals surface area contributed by atoms with Gasteiger partial charge in [-0.25, -0.2) is 4.98 Å². The zero-order chi connectivity index (χ0) is 30.5. The zero-order valence-corrected chi connectivity index (χ0v) is 23.3. The van der Waals surface area contributed by atoms with Gasteiger partial charge in [-0.15, -0.1) is 0 Å². The standard InChI is InChI=1S/C25H20ClF3N4O3.CH4O3S/c1-13-18(26)8-5-9-19(13)32-24(35)16-10-14(11-20-22(16)33-21(31-20)12-36-2)30-23(34)15-6-3-4-7-17(15)25(27,28)29;1-5(2,3)4/h3-11H,12H2,1-2H3,(H,30,34)(H,31,33)(H,32,35);1H3,(H,2,3,4). The van der Waals surface area contributed by atoms with E-state index in [9.17, 15) is 31.2 Å². The topological polar surface area (TPSA) is 150 Å². The van der Waals surface area contributed by atoms with E-state index >= 15 is 0 Å². The van der Waals surface area contributed by atoms with Crippen molar-refractivity contribution in [1.82, 2.24) is 9.97 Å². The average Bonchev–Trinajstić information content (AvgIpc) is 3.27. The molecule has 1 aromatic heterocycles. The molecule has 41 heavy (non-hydrogen) atoms. The lowest BCUT2D eigenvalue weighted by Gasteiger charge is -2.14. The number of fused-ring (bicyclic) bond motifs is 1. The van der Waals surface area contributed by atoms with Gasteiger partial charge in [0, 0.05) is 23.5 Å². The number of halogens is 4. The molecule has 0 aliphatic heterocycles. The number of carbonyl (C=O) groups excluding carboxylic acids is 2. The minimum absolute atomic E-state index is 0.0879. The smallest absolute Gasteiger partial charge is 0.377 e. The molecule has 0 radical (unpaired) electrons. The highest BCUT2D eigenvalue weighted by atomic mass is 35.5. The Hall–Kier alpha value is -3.98. The van der Waals surface area contributed by atoms with Crippen molar-refractivity contribution >= 4 is 55.9 Å². The van der Waals surface area contributed by atoms with Gasteiger partial charge in [-0.1, -0.05) is 29.8 Å². The lowest BCUT2D eigenvalue weighted by atomic mass is 10.1. The van der Waals surface area contributed by atoms with Gasteiger partial charge in [-0.2, -0.15) is 21.6 Å². The largest absolute Gasteiger partial charge is 0.417 e. The first-order valence-corrected chi connectivity index (χ1v) is 13.8. The summed E-state index contributed by atoms with van der Waals surface area (Å²) in [6.07, 6.45) is -4.00. The monoisotopic (exact) mass is 612 g/mol. The van der Waals surface area contributed by atoms with Crippen molar-refractivity contribution in [3.8, 4) is 0 Å². The van der Waals surface area contributed by atoms with E-state index < -0.39 is 39.2 Å². The number of ether oxygens (including phenoxy) is 1. The fraction of sp³-hybridized carbons (Fsp3) is 0.192. The number of aromatic nitrogens is 2. The highest BCUT2D eigenvalue weighted by Gasteiger charge is 2.35. The van der Waals surface area contributed by atoms with Crippen molar-refractivity contribution < 1.29 is 40.5 Å². The van der Waals surface area contributed by atoms with Gasteiger partial charge < -0.3 is 20.4 Å². The second-order valence-corrected chi connectivity index (χ2v) is 10.5. The number of hydrogen-bond donors (Lipinski definition) is 4. The molecule has 0 unspecified atom stereocenters. The summed E-state index contributed by atoms with van der Waals surface area (Å²) in [5.41, 5.74) is 0.387. The third kappa shape index (κ3) is 8.50. The normalized spacial score (nSPS) is 11.5. The van der Waals surface area contributed by atoms with Gasteiger partial charge in [0.05, 0.1) is 28.5 Å². The summed E-state index contributed by atoms with van der Waals surface area (Å²) in [5, 5.41) is 5.70. The molecule has 0 aliphatic carbocycles. The number of rotatable bonds is 6. The maximum Gasteiger partial charge on any atom is 0.417 e. The molecule has 4 aromatic rings. The number of carbonyl (C=O) groups is 2. The first-order chi connectivity index (χ1) is 19.1. The third-order valence-corrected chi connectivity index (χ3v) is 5.82. The number of alkyl halides is 3. The van der Waals surface area contributed by atoms with E-state index in [4.69, 9.17) is 20.9 Å². The highest BCUT2D eigenvalue weighted by Crippen LogP contribution is 2.33. The average molecular weight is 613 g/mol.